The SMILES string of the molecule is CN(C)[C@@H]1CCCN(C(=O)c2ccc(S(N)(=O)=O)cc2)CC1. The molecule has 0 radical (unpaired) electrons. The first kappa shape index (κ1) is 16.9. The van der Waals surface area contributed by atoms with Crippen LogP contribution in [0.15, 0.2) is 29.2 Å². The van der Waals surface area contributed by atoms with Crippen LogP contribution in [0.3, 0.4) is 0 Å². The largest absolute Gasteiger partial charge is 0.339 e. The second kappa shape index (κ2) is 6.76. The summed E-state index contributed by atoms with van der Waals surface area (Å²) in [6, 6.07) is 6.31. The van der Waals surface area contributed by atoms with Gasteiger partial charge in [-0.1, -0.05) is 0 Å². The van der Waals surface area contributed by atoms with Gasteiger partial charge < -0.3 is 9.80 Å². The molecule has 1 aliphatic rings. The number of nitrogens with two attached hydrogens (primary N) is 1. The van der Waals surface area contributed by atoms with Crippen molar-refractivity contribution in [1.29, 1.82) is 0 Å². The average molecular weight is 325 g/mol. The molecule has 0 aromatic heterocycles. The molecular weight excluding hydrogens is 302 g/mol. The molecule has 122 valence electrons. The van der Waals surface area contributed by atoms with Gasteiger partial charge in [0.2, 0.25) is 10.0 Å². The van der Waals surface area contributed by atoms with E-state index in [9.17, 15) is 13.2 Å². The predicted molar refractivity (Wildman–Crippen MR) is 85.0 cm³/mol. The number of likely N-dealkylation sites (tertiary alicyclic amines) is 1. The molecule has 0 spiro atoms. The zero-order chi connectivity index (χ0) is 16.3. The first-order chi connectivity index (χ1) is 10.3. The summed E-state index contributed by atoms with van der Waals surface area (Å²) < 4.78 is 22.5. The molecule has 0 unspecified atom stereocenters. The smallest absolute Gasteiger partial charge is 0.253 e. The number of sulfonamides is 1. The lowest BCUT2D eigenvalue weighted by molar-refractivity contribution is 0.0758. The summed E-state index contributed by atoms with van der Waals surface area (Å²) in [5, 5.41) is 5.06. The zero-order valence-electron chi connectivity index (χ0n) is 13.0. The monoisotopic (exact) mass is 325 g/mol. The summed E-state index contributed by atoms with van der Waals surface area (Å²) in [4.78, 5) is 16.6. The van der Waals surface area contributed by atoms with Crippen molar-refractivity contribution >= 4 is 15.9 Å². The highest BCUT2D eigenvalue weighted by Gasteiger charge is 2.22. The summed E-state index contributed by atoms with van der Waals surface area (Å²) in [5.74, 6) is -0.0552. The lowest BCUT2D eigenvalue weighted by atomic mass is 10.1. The van der Waals surface area contributed by atoms with Gasteiger partial charge >= 0.3 is 0 Å². The van der Waals surface area contributed by atoms with E-state index in [0.29, 0.717) is 11.6 Å². The number of hydrogen-bond donors (Lipinski definition) is 1. The summed E-state index contributed by atoms with van der Waals surface area (Å²) in [5.41, 5.74) is 0.496. The highest BCUT2D eigenvalue weighted by atomic mass is 32.2. The van der Waals surface area contributed by atoms with Crippen molar-refractivity contribution in [3.8, 4) is 0 Å². The van der Waals surface area contributed by atoms with Crippen molar-refractivity contribution in [2.75, 3.05) is 27.2 Å². The summed E-state index contributed by atoms with van der Waals surface area (Å²) in [7, 11) is 0.404. The van der Waals surface area contributed by atoms with E-state index in [1.165, 1.54) is 24.3 Å². The molecule has 1 aromatic rings. The molecule has 2 N–H and O–H groups in total. The van der Waals surface area contributed by atoms with Crippen LogP contribution in [0.1, 0.15) is 29.6 Å². The fourth-order valence-electron chi connectivity index (χ4n) is 2.77. The number of amides is 1. The third kappa shape index (κ3) is 4.06. The molecule has 7 heteroatoms. The Morgan fingerprint density at radius 3 is 2.36 bits per heavy atom. The Bertz CT molecular complexity index is 626. The molecule has 1 fully saturated rings. The second-order valence-corrected chi connectivity index (χ2v) is 7.47. The first-order valence-corrected chi connectivity index (χ1v) is 8.92. The van der Waals surface area contributed by atoms with Gasteiger partial charge in [-0.05, 0) is 57.6 Å². The molecule has 1 atom stereocenters. The van der Waals surface area contributed by atoms with Crippen molar-refractivity contribution in [2.45, 2.75) is 30.2 Å². The number of carbonyl (C=O) groups is 1. The molecule has 22 heavy (non-hydrogen) atoms. The van der Waals surface area contributed by atoms with E-state index < -0.39 is 10.0 Å². The van der Waals surface area contributed by atoms with E-state index in [1.54, 1.807) is 0 Å². The zero-order valence-corrected chi connectivity index (χ0v) is 13.8. The van der Waals surface area contributed by atoms with Gasteiger partial charge in [0.15, 0.2) is 0 Å². The number of carbonyl (C=O) groups excluding carboxylic acids is 1. The van der Waals surface area contributed by atoms with Gasteiger partial charge in [0.1, 0.15) is 0 Å². The fourth-order valence-corrected chi connectivity index (χ4v) is 3.28. The third-order valence-corrected chi connectivity index (χ3v) is 5.07. The normalized spacial score (nSPS) is 20.0. The van der Waals surface area contributed by atoms with Crippen LogP contribution < -0.4 is 5.14 Å². The lowest BCUT2D eigenvalue weighted by Gasteiger charge is -2.23. The van der Waals surface area contributed by atoms with Crippen LogP contribution in [0.25, 0.3) is 0 Å². The Hall–Kier alpha value is -1.44. The average Bonchev–Trinajstić information content (AvgIpc) is 2.71. The van der Waals surface area contributed by atoms with Gasteiger partial charge in [-0.2, -0.15) is 0 Å². The topological polar surface area (TPSA) is 83.7 Å². The Morgan fingerprint density at radius 2 is 1.82 bits per heavy atom. The van der Waals surface area contributed by atoms with Crippen molar-refractivity contribution in [1.82, 2.24) is 9.80 Å². The Balaban J connectivity index is 2.08. The minimum atomic E-state index is -3.72. The molecule has 1 saturated heterocycles. The molecular formula is C15H23N3O3S. The summed E-state index contributed by atoms with van der Waals surface area (Å²) >= 11 is 0. The number of nitrogens with zero attached hydrogens (tertiary/aromatic N) is 2. The molecule has 0 saturated carbocycles. The van der Waals surface area contributed by atoms with Crippen LogP contribution in [0.4, 0.5) is 0 Å². The van der Waals surface area contributed by atoms with Gasteiger partial charge in [-0.3, -0.25) is 4.79 Å². The number of hydrogen-bond acceptors (Lipinski definition) is 4. The van der Waals surface area contributed by atoms with E-state index in [4.69, 9.17) is 5.14 Å². The molecule has 1 aromatic carbocycles. The number of rotatable bonds is 3. The molecule has 1 aliphatic heterocycles. The second-order valence-electron chi connectivity index (χ2n) is 5.91. The minimum Gasteiger partial charge on any atom is -0.339 e. The summed E-state index contributed by atoms with van der Waals surface area (Å²) in [6.07, 6.45) is 3.01. The van der Waals surface area contributed by atoms with Gasteiger partial charge in [-0.25, -0.2) is 13.6 Å². The molecule has 1 heterocycles. The standard InChI is InChI=1S/C15H23N3O3S/c1-17(2)13-4-3-10-18(11-9-13)15(19)12-5-7-14(8-6-12)22(16,20)21/h5-8,13H,3-4,9-11H2,1-2H3,(H2,16,20,21)/t13-/m1/s1. The van der Waals surface area contributed by atoms with Crippen LogP contribution in [0.5, 0.6) is 0 Å². The van der Waals surface area contributed by atoms with Crippen LogP contribution in [-0.4, -0.2) is 57.4 Å². The minimum absolute atomic E-state index is 0.0209. The van der Waals surface area contributed by atoms with Gasteiger partial charge in [0.05, 0.1) is 4.90 Å². The molecule has 1 amide bonds. The van der Waals surface area contributed by atoms with Crippen LogP contribution in [0, 0.1) is 0 Å². The quantitative estimate of drug-likeness (QED) is 0.894. The van der Waals surface area contributed by atoms with E-state index in [0.717, 1.165) is 32.4 Å². The Morgan fingerprint density at radius 1 is 1.18 bits per heavy atom. The predicted octanol–water partition coefficient (Wildman–Crippen LogP) is 0.890. The van der Waals surface area contributed by atoms with Crippen molar-refractivity contribution in [2.24, 2.45) is 5.14 Å². The highest BCUT2D eigenvalue weighted by Crippen LogP contribution is 2.17. The van der Waals surface area contributed by atoms with Crippen LogP contribution in [0.2, 0.25) is 0 Å². The first-order valence-electron chi connectivity index (χ1n) is 7.37. The molecule has 0 bridgehead atoms. The van der Waals surface area contributed by atoms with Crippen molar-refractivity contribution in [3.05, 3.63) is 29.8 Å². The third-order valence-electron chi connectivity index (χ3n) is 4.14. The fraction of sp³-hybridized carbons (Fsp3) is 0.533. The van der Waals surface area contributed by atoms with Crippen LogP contribution >= 0.6 is 0 Å². The van der Waals surface area contributed by atoms with E-state index in [2.05, 4.69) is 19.0 Å². The van der Waals surface area contributed by atoms with E-state index in [1.807, 2.05) is 4.90 Å². The number of benzene rings is 1. The van der Waals surface area contributed by atoms with Crippen molar-refractivity contribution in [3.63, 3.8) is 0 Å². The van der Waals surface area contributed by atoms with Gasteiger partial charge in [0.25, 0.3) is 5.91 Å². The van der Waals surface area contributed by atoms with Crippen LogP contribution in [-0.2, 0) is 10.0 Å². The molecule has 6 nitrogen and oxygen atoms in total. The maximum Gasteiger partial charge on any atom is 0.253 e. The Kier molecular flexibility index (Phi) is 5.20. The Labute approximate surface area is 131 Å². The summed E-state index contributed by atoms with van der Waals surface area (Å²) in [6.45, 7) is 1.46. The maximum absolute atomic E-state index is 12.5. The lowest BCUT2D eigenvalue weighted by Crippen LogP contribution is -2.33. The molecule has 0 aliphatic carbocycles. The van der Waals surface area contributed by atoms with Gasteiger partial charge in [-0.15, -0.1) is 0 Å². The molecule has 2 rings (SSSR count). The van der Waals surface area contributed by atoms with E-state index in [-0.39, 0.29) is 10.8 Å². The number of primary sulfonamides is 1. The highest BCUT2D eigenvalue weighted by molar-refractivity contribution is 7.89. The van der Waals surface area contributed by atoms with Crippen molar-refractivity contribution < 1.29 is 13.2 Å². The van der Waals surface area contributed by atoms with E-state index >= 15 is 0 Å². The van der Waals surface area contributed by atoms with Gasteiger partial charge in [0, 0.05) is 24.7 Å². The maximum atomic E-state index is 12.5.